The number of dihydropyridines is 1. The van der Waals surface area contributed by atoms with Crippen molar-refractivity contribution in [3.05, 3.63) is 135 Å². The molecular formula is C39H47N5O4. The second kappa shape index (κ2) is 15.9. The molecule has 3 aromatic rings. The van der Waals surface area contributed by atoms with Gasteiger partial charge in [0.1, 0.15) is 0 Å². The van der Waals surface area contributed by atoms with E-state index in [1.54, 1.807) is 21.9 Å². The number of carbonyl (C=O) groups excluding carboxylic acids is 2. The molecule has 2 heterocycles. The smallest absolute Gasteiger partial charge is 0.269 e. The molecule has 1 unspecified atom stereocenters. The zero-order chi connectivity index (χ0) is 34.1. The lowest BCUT2D eigenvalue weighted by atomic mass is 9.68. The number of amides is 2. The number of rotatable bonds is 15. The number of hydrogen-bond acceptors (Lipinski definition) is 6. The van der Waals surface area contributed by atoms with Gasteiger partial charge in [0.2, 0.25) is 12.8 Å². The van der Waals surface area contributed by atoms with E-state index < -0.39 is 10.8 Å². The zero-order valence-electron chi connectivity index (χ0n) is 28.3. The molecule has 2 amide bonds. The lowest BCUT2D eigenvalue weighted by Gasteiger charge is -2.43. The van der Waals surface area contributed by atoms with Gasteiger partial charge in [-0.2, -0.15) is 0 Å². The van der Waals surface area contributed by atoms with Crippen LogP contribution in [0.25, 0.3) is 0 Å². The van der Waals surface area contributed by atoms with Crippen molar-refractivity contribution in [2.75, 3.05) is 32.7 Å². The van der Waals surface area contributed by atoms with E-state index in [2.05, 4.69) is 70.9 Å². The third-order valence-corrected chi connectivity index (χ3v) is 10.1. The molecule has 0 bridgehead atoms. The Morgan fingerprint density at radius 1 is 0.812 bits per heavy atom. The molecule has 1 saturated heterocycles. The Labute approximate surface area is 284 Å². The molecule has 0 spiro atoms. The van der Waals surface area contributed by atoms with E-state index in [0.29, 0.717) is 25.9 Å². The van der Waals surface area contributed by atoms with Gasteiger partial charge in [0.05, 0.1) is 22.2 Å². The molecule has 48 heavy (non-hydrogen) atoms. The molecule has 2 aliphatic rings. The molecule has 0 saturated carbocycles. The quantitative estimate of drug-likeness (QED) is 0.109. The summed E-state index contributed by atoms with van der Waals surface area (Å²) < 4.78 is 0. The Morgan fingerprint density at radius 2 is 1.33 bits per heavy atom. The number of likely N-dealkylation sites (N-methyl/N-ethyl adjacent to an activating group) is 1. The fourth-order valence-electron chi connectivity index (χ4n) is 7.52. The number of hydrogen-bond donors (Lipinski definition) is 1. The van der Waals surface area contributed by atoms with Gasteiger partial charge in [-0.1, -0.05) is 86.6 Å². The van der Waals surface area contributed by atoms with E-state index in [0.717, 1.165) is 80.1 Å². The van der Waals surface area contributed by atoms with E-state index in [-0.39, 0.29) is 11.1 Å². The largest absolute Gasteiger partial charge is 0.359 e. The van der Waals surface area contributed by atoms with Crippen LogP contribution in [-0.2, 0) is 15.0 Å². The van der Waals surface area contributed by atoms with Crippen LogP contribution >= 0.6 is 0 Å². The first-order valence-corrected chi connectivity index (χ1v) is 17.1. The van der Waals surface area contributed by atoms with Gasteiger partial charge >= 0.3 is 0 Å². The summed E-state index contributed by atoms with van der Waals surface area (Å²) in [7, 11) is 0. The Hall–Kier alpha value is -4.76. The highest BCUT2D eigenvalue weighted by molar-refractivity contribution is 5.61. The summed E-state index contributed by atoms with van der Waals surface area (Å²) in [6.45, 7) is 9.73. The number of nitro benzene ring substituents is 1. The maximum atomic E-state index is 12.9. The van der Waals surface area contributed by atoms with Crippen molar-refractivity contribution in [3.63, 3.8) is 0 Å². The molecule has 2 aliphatic heterocycles. The Bertz CT molecular complexity index is 1570. The maximum absolute atomic E-state index is 12.9. The normalized spacial score (nSPS) is 17.9. The van der Waals surface area contributed by atoms with Crippen molar-refractivity contribution in [2.45, 2.75) is 64.2 Å². The lowest BCUT2D eigenvalue weighted by molar-refractivity contribution is -0.384. The van der Waals surface area contributed by atoms with E-state index in [1.165, 1.54) is 23.3 Å². The third kappa shape index (κ3) is 7.06. The molecule has 1 N–H and O–H groups in total. The highest BCUT2D eigenvalue weighted by Gasteiger charge is 2.39. The highest BCUT2D eigenvalue weighted by atomic mass is 16.6. The Kier molecular flexibility index (Phi) is 11.4. The van der Waals surface area contributed by atoms with Gasteiger partial charge in [0.15, 0.2) is 0 Å². The first kappa shape index (κ1) is 34.6. The number of piperidine rings is 1. The number of allylic oxidation sites excluding steroid dienone is 2. The standard InChI is InChI=1S/C39H47N5O4/c1-4-34-37(42(6-3)28-45)36(30-18-20-33(21-19-30)44(47)48)38(35(5-2)40-34)43(29-46)25-13-24-41-26-22-39(23-27-41,31-14-9-7-10-15-31)32-16-11-8-12-17-32/h7-12,14-21,28-29,36,40H,4-6,13,22-27H2,1-3H3. The SMILES string of the molecule is CCC1=C(N(C=O)CC)C(c2ccc([N+](=O)[O-])cc2)C(N(C=O)CCCN2CCC(c3ccccc3)(c3ccccc3)CC2)=C(CC)N1. The van der Waals surface area contributed by atoms with E-state index in [4.69, 9.17) is 0 Å². The van der Waals surface area contributed by atoms with Gasteiger partial charge in [0.25, 0.3) is 5.69 Å². The summed E-state index contributed by atoms with van der Waals surface area (Å²) in [5.41, 5.74) is 6.88. The van der Waals surface area contributed by atoms with Gasteiger partial charge in [0, 0.05) is 42.0 Å². The van der Waals surface area contributed by atoms with Crippen molar-refractivity contribution in [2.24, 2.45) is 0 Å². The van der Waals surface area contributed by atoms with Crippen LogP contribution in [-0.4, -0.2) is 65.2 Å². The highest BCUT2D eigenvalue weighted by Crippen LogP contribution is 2.43. The molecule has 9 heteroatoms. The minimum Gasteiger partial charge on any atom is -0.359 e. The van der Waals surface area contributed by atoms with E-state index >= 15 is 0 Å². The monoisotopic (exact) mass is 649 g/mol. The van der Waals surface area contributed by atoms with Gasteiger partial charge in [-0.05, 0) is 75.4 Å². The predicted octanol–water partition coefficient (Wildman–Crippen LogP) is 6.93. The second-order valence-electron chi connectivity index (χ2n) is 12.5. The molecule has 3 aromatic carbocycles. The van der Waals surface area contributed by atoms with Crippen molar-refractivity contribution in [3.8, 4) is 0 Å². The van der Waals surface area contributed by atoms with Gasteiger partial charge in [-0.25, -0.2) is 0 Å². The molecule has 0 radical (unpaired) electrons. The average Bonchev–Trinajstić information content (AvgIpc) is 3.14. The Morgan fingerprint density at radius 3 is 1.79 bits per heavy atom. The number of nitrogens with one attached hydrogen (secondary N) is 1. The number of likely N-dealkylation sites (tertiary alicyclic amines) is 1. The summed E-state index contributed by atoms with van der Waals surface area (Å²) in [5, 5.41) is 15.0. The van der Waals surface area contributed by atoms with Crippen molar-refractivity contribution < 1.29 is 14.5 Å². The minimum atomic E-state index is -0.445. The second-order valence-corrected chi connectivity index (χ2v) is 12.5. The summed E-state index contributed by atoms with van der Waals surface area (Å²) in [4.78, 5) is 42.3. The van der Waals surface area contributed by atoms with Crippen molar-refractivity contribution >= 4 is 18.5 Å². The maximum Gasteiger partial charge on any atom is 0.269 e. The third-order valence-electron chi connectivity index (χ3n) is 10.1. The molecule has 9 nitrogen and oxygen atoms in total. The van der Waals surface area contributed by atoms with Crippen LogP contribution in [0, 0.1) is 10.1 Å². The van der Waals surface area contributed by atoms with Crippen LogP contribution < -0.4 is 5.32 Å². The molecule has 252 valence electrons. The predicted molar refractivity (Wildman–Crippen MR) is 189 cm³/mol. The fraction of sp³-hybridized carbons (Fsp3) is 0.385. The summed E-state index contributed by atoms with van der Waals surface area (Å²) in [6.07, 6.45) is 5.84. The topological polar surface area (TPSA) is 99.0 Å². The molecule has 1 atom stereocenters. The van der Waals surface area contributed by atoms with Crippen LogP contribution in [0.5, 0.6) is 0 Å². The first-order chi connectivity index (χ1) is 23.4. The molecule has 0 aliphatic carbocycles. The number of non-ortho nitro benzene ring substituents is 1. The van der Waals surface area contributed by atoms with E-state index in [1.807, 2.05) is 20.8 Å². The van der Waals surface area contributed by atoms with Crippen LogP contribution in [0.15, 0.2) is 108 Å². The number of carbonyl (C=O) groups is 2. The van der Waals surface area contributed by atoms with Crippen molar-refractivity contribution in [1.29, 1.82) is 0 Å². The summed E-state index contributed by atoms with van der Waals surface area (Å²) in [5.74, 6) is -0.445. The van der Waals surface area contributed by atoms with Crippen LogP contribution in [0.2, 0.25) is 0 Å². The van der Waals surface area contributed by atoms with Crippen LogP contribution in [0.4, 0.5) is 5.69 Å². The summed E-state index contributed by atoms with van der Waals surface area (Å²) in [6, 6.07) is 28.1. The minimum absolute atomic E-state index is 0.00442. The zero-order valence-corrected chi connectivity index (χ0v) is 28.3. The van der Waals surface area contributed by atoms with Gasteiger partial charge in [-0.3, -0.25) is 19.7 Å². The number of nitro groups is 1. The summed E-state index contributed by atoms with van der Waals surface area (Å²) >= 11 is 0. The van der Waals surface area contributed by atoms with Gasteiger partial charge < -0.3 is 20.0 Å². The number of nitrogens with zero attached hydrogens (tertiary/aromatic N) is 4. The van der Waals surface area contributed by atoms with Crippen molar-refractivity contribution in [1.82, 2.24) is 20.0 Å². The van der Waals surface area contributed by atoms with Gasteiger partial charge in [-0.15, -0.1) is 0 Å². The van der Waals surface area contributed by atoms with Crippen LogP contribution in [0.3, 0.4) is 0 Å². The first-order valence-electron chi connectivity index (χ1n) is 17.1. The van der Waals surface area contributed by atoms with E-state index in [9.17, 15) is 19.7 Å². The molecular weight excluding hydrogens is 602 g/mol. The number of benzene rings is 3. The fourth-order valence-corrected chi connectivity index (χ4v) is 7.52. The average molecular weight is 650 g/mol. The molecule has 5 rings (SSSR count). The lowest BCUT2D eigenvalue weighted by Crippen LogP contribution is -2.44. The molecule has 0 aromatic heterocycles. The molecule has 1 fully saturated rings. The van der Waals surface area contributed by atoms with Crippen LogP contribution in [0.1, 0.15) is 75.5 Å². The Balaban J connectivity index is 1.37.